The second-order valence-corrected chi connectivity index (χ2v) is 7.12. The van der Waals surface area contributed by atoms with Crippen molar-refractivity contribution in [2.24, 2.45) is 0 Å². The Labute approximate surface area is 158 Å². The van der Waals surface area contributed by atoms with Gasteiger partial charge in [-0.05, 0) is 37.6 Å². The zero-order chi connectivity index (χ0) is 20.2. The van der Waals surface area contributed by atoms with Gasteiger partial charge in [-0.1, -0.05) is 6.07 Å². The van der Waals surface area contributed by atoms with Crippen molar-refractivity contribution in [3.05, 3.63) is 59.7 Å². The summed E-state index contributed by atoms with van der Waals surface area (Å²) in [6.45, 7) is 3.12. The molecule has 28 heavy (non-hydrogen) atoms. The van der Waals surface area contributed by atoms with Crippen molar-refractivity contribution in [3.8, 4) is 0 Å². The van der Waals surface area contributed by atoms with Crippen LogP contribution in [0.5, 0.6) is 0 Å². The SMILES string of the molecule is Cc1ncnc2c1ccn2[C@@H]1O[C@H]([C@@](C)(O)c2ccc(F)c(F)c2)[C@@H](O)[C@H]1O. The Hall–Kier alpha value is -2.46. The number of benzene rings is 1. The summed E-state index contributed by atoms with van der Waals surface area (Å²) in [6.07, 6.45) is -2.18. The lowest BCUT2D eigenvalue weighted by Gasteiger charge is -2.32. The predicted molar refractivity (Wildman–Crippen MR) is 94.1 cm³/mol. The predicted octanol–water partition coefficient (Wildman–Crippen LogP) is 1.54. The number of fused-ring (bicyclic) bond motifs is 1. The first-order valence-electron chi connectivity index (χ1n) is 8.69. The molecule has 0 bridgehead atoms. The number of halogens is 2. The van der Waals surface area contributed by atoms with E-state index in [9.17, 15) is 24.1 Å². The second kappa shape index (κ2) is 6.56. The molecule has 1 fully saturated rings. The molecule has 0 unspecified atom stereocenters. The summed E-state index contributed by atoms with van der Waals surface area (Å²) in [5.74, 6) is -2.19. The summed E-state index contributed by atoms with van der Waals surface area (Å²) in [7, 11) is 0. The van der Waals surface area contributed by atoms with Crippen molar-refractivity contribution in [3.63, 3.8) is 0 Å². The molecular formula is C19H19F2N3O4. The van der Waals surface area contributed by atoms with Crippen LogP contribution in [0.3, 0.4) is 0 Å². The third kappa shape index (κ3) is 2.78. The minimum absolute atomic E-state index is 0.0128. The molecule has 1 aliphatic heterocycles. The number of hydrogen-bond acceptors (Lipinski definition) is 6. The number of nitrogens with zero attached hydrogens (tertiary/aromatic N) is 3. The Kier molecular flexibility index (Phi) is 4.42. The van der Waals surface area contributed by atoms with Gasteiger partial charge in [0.15, 0.2) is 17.9 Å². The van der Waals surface area contributed by atoms with Gasteiger partial charge in [-0.3, -0.25) is 0 Å². The summed E-state index contributed by atoms with van der Waals surface area (Å²) in [6, 6.07) is 4.68. The molecule has 1 saturated heterocycles. The average Bonchev–Trinajstić information content (AvgIpc) is 3.20. The standard InChI is InChI=1S/C19H19F2N3O4/c1-9-11-5-6-24(17(11)23-8-22-9)18-15(26)14(25)16(28-18)19(2,27)10-3-4-12(20)13(21)7-10/h3-8,14-16,18,25-27H,1-2H3/t14-,15+,16-,18+,19-/m0/s1. The van der Waals surface area contributed by atoms with Gasteiger partial charge < -0.3 is 24.6 Å². The summed E-state index contributed by atoms with van der Waals surface area (Å²) in [5.41, 5.74) is -0.643. The Morgan fingerprint density at radius 3 is 2.57 bits per heavy atom. The van der Waals surface area contributed by atoms with E-state index in [1.54, 1.807) is 16.8 Å². The largest absolute Gasteiger partial charge is 0.387 e. The van der Waals surface area contributed by atoms with Crippen molar-refractivity contribution in [1.82, 2.24) is 14.5 Å². The fraction of sp³-hybridized carbons (Fsp3) is 0.368. The molecule has 4 rings (SSSR count). The highest BCUT2D eigenvalue weighted by Crippen LogP contribution is 2.40. The molecule has 3 N–H and O–H groups in total. The first kappa shape index (κ1) is 18.9. The van der Waals surface area contributed by atoms with Gasteiger partial charge in [-0.15, -0.1) is 0 Å². The molecule has 0 aliphatic carbocycles. The van der Waals surface area contributed by atoms with Gasteiger partial charge in [-0.2, -0.15) is 0 Å². The molecular weight excluding hydrogens is 372 g/mol. The van der Waals surface area contributed by atoms with E-state index in [-0.39, 0.29) is 5.56 Å². The quantitative estimate of drug-likeness (QED) is 0.626. The van der Waals surface area contributed by atoms with Gasteiger partial charge in [0.1, 0.15) is 35.9 Å². The van der Waals surface area contributed by atoms with Gasteiger partial charge in [-0.25, -0.2) is 18.7 Å². The number of rotatable bonds is 3. The highest BCUT2D eigenvalue weighted by molar-refractivity contribution is 5.78. The maximum absolute atomic E-state index is 13.6. The molecule has 1 aliphatic rings. The average molecular weight is 391 g/mol. The normalized spacial score (nSPS) is 27.2. The van der Waals surface area contributed by atoms with Crippen molar-refractivity contribution in [2.75, 3.05) is 0 Å². The van der Waals surface area contributed by atoms with E-state index in [4.69, 9.17) is 4.74 Å². The molecule has 0 saturated carbocycles. The molecule has 0 radical (unpaired) electrons. The molecule has 3 aromatic rings. The summed E-state index contributed by atoms with van der Waals surface area (Å²) in [5, 5.41) is 32.8. The first-order chi connectivity index (χ1) is 13.2. The fourth-order valence-electron chi connectivity index (χ4n) is 3.63. The summed E-state index contributed by atoms with van der Waals surface area (Å²) in [4.78, 5) is 8.31. The van der Waals surface area contributed by atoms with Gasteiger partial charge >= 0.3 is 0 Å². The third-order valence-electron chi connectivity index (χ3n) is 5.28. The van der Waals surface area contributed by atoms with Crippen molar-refractivity contribution >= 4 is 11.0 Å². The van der Waals surface area contributed by atoms with Gasteiger partial charge in [0, 0.05) is 11.6 Å². The van der Waals surface area contributed by atoms with Gasteiger partial charge in [0.25, 0.3) is 0 Å². The number of aryl methyl sites for hydroxylation is 1. The lowest BCUT2D eigenvalue weighted by atomic mass is 9.86. The van der Waals surface area contributed by atoms with Gasteiger partial charge in [0.2, 0.25) is 0 Å². The van der Waals surface area contributed by atoms with Crippen LogP contribution in [0.1, 0.15) is 24.4 Å². The van der Waals surface area contributed by atoms with E-state index in [0.717, 1.165) is 23.2 Å². The van der Waals surface area contributed by atoms with Crippen LogP contribution in [0.15, 0.2) is 36.8 Å². The Balaban J connectivity index is 1.71. The molecule has 3 heterocycles. The molecule has 0 spiro atoms. The molecule has 7 nitrogen and oxygen atoms in total. The second-order valence-electron chi connectivity index (χ2n) is 7.12. The van der Waals surface area contributed by atoms with Crippen LogP contribution >= 0.6 is 0 Å². The zero-order valence-electron chi connectivity index (χ0n) is 15.1. The summed E-state index contributed by atoms with van der Waals surface area (Å²) < 4.78 is 34.2. The lowest BCUT2D eigenvalue weighted by molar-refractivity contribution is -0.136. The molecule has 0 amide bonds. The smallest absolute Gasteiger partial charge is 0.164 e. The molecule has 1 aromatic carbocycles. The van der Waals surface area contributed by atoms with Gasteiger partial charge in [0.05, 0.1) is 5.69 Å². The van der Waals surface area contributed by atoms with E-state index in [1.165, 1.54) is 19.3 Å². The van der Waals surface area contributed by atoms with E-state index in [0.29, 0.717) is 5.65 Å². The Bertz CT molecular complexity index is 1040. The van der Waals surface area contributed by atoms with Crippen molar-refractivity contribution in [2.45, 2.75) is 44.0 Å². The Morgan fingerprint density at radius 2 is 1.86 bits per heavy atom. The highest BCUT2D eigenvalue weighted by atomic mass is 19.2. The molecule has 148 valence electrons. The third-order valence-corrected chi connectivity index (χ3v) is 5.28. The van der Waals surface area contributed by atoms with E-state index in [2.05, 4.69) is 9.97 Å². The van der Waals surface area contributed by atoms with Crippen LogP contribution in [-0.2, 0) is 10.3 Å². The molecule has 5 atom stereocenters. The Morgan fingerprint density at radius 1 is 1.11 bits per heavy atom. The summed E-state index contributed by atoms with van der Waals surface area (Å²) >= 11 is 0. The highest BCUT2D eigenvalue weighted by Gasteiger charge is 2.52. The number of hydrogen-bond donors (Lipinski definition) is 3. The molecule has 9 heteroatoms. The van der Waals surface area contributed by atoms with Crippen molar-refractivity contribution in [1.29, 1.82) is 0 Å². The lowest BCUT2D eigenvalue weighted by Crippen LogP contribution is -2.45. The van der Waals surface area contributed by atoms with Crippen LogP contribution in [0, 0.1) is 18.6 Å². The number of aliphatic hydroxyl groups excluding tert-OH is 2. The fourth-order valence-corrected chi connectivity index (χ4v) is 3.63. The molecule has 2 aromatic heterocycles. The van der Waals surface area contributed by atoms with Crippen LogP contribution in [0.25, 0.3) is 11.0 Å². The van der Waals surface area contributed by atoms with E-state index < -0.39 is 41.8 Å². The topological polar surface area (TPSA) is 101 Å². The zero-order valence-corrected chi connectivity index (χ0v) is 15.1. The van der Waals surface area contributed by atoms with Crippen LogP contribution in [0.2, 0.25) is 0 Å². The van der Waals surface area contributed by atoms with E-state index >= 15 is 0 Å². The maximum Gasteiger partial charge on any atom is 0.164 e. The maximum atomic E-state index is 13.6. The number of aliphatic hydroxyl groups is 3. The number of aromatic nitrogens is 3. The monoisotopic (exact) mass is 391 g/mol. The van der Waals surface area contributed by atoms with E-state index in [1.807, 2.05) is 6.92 Å². The van der Waals surface area contributed by atoms with Crippen molar-refractivity contribution < 1.29 is 28.8 Å². The first-order valence-corrected chi connectivity index (χ1v) is 8.69. The van der Waals surface area contributed by atoms with Crippen LogP contribution in [0.4, 0.5) is 8.78 Å². The van der Waals surface area contributed by atoms with Crippen LogP contribution < -0.4 is 0 Å². The van der Waals surface area contributed by atoms with Crippen LogP contribution in [-0.4, -0.2) is 48.2 Å². The number of ether oxygens (including phenoxy) is 1. The minimum Gasteiger partial charge on any atom is -0.387 e. The minimum atomic E-state index is -1.89.